The average molecular weight is 282 g/mol. The van der Waals surface area contributed by atoms with Crippen molar-refractivity contribution in [1.82, 2.24) is 4.90 Å². The van der Waals surface area contributed by atoms with Crippen molar-refractivity contribution in [2.75, 3.05) is 13.1 Å². The molecular formula is C13H16BrNO. The molecular weight excluding hydrogens is 266 g/mol. The van der Waals surface area contributed by atoms with Gasteiger partial charge in [0.05, 0.1) is 0 Å². The van der Waals surface area contributed by atoms with Crippen LogP contribution in [-0.2, 0) is 0 Å². The van der Waals surface area contributed by atoms with Crippen molar-refractivity contribution in [2.45, 2.75) is 26.2 Å². The summed E-state index contributed by atoms with van der Waals surface area (Å²) in [6, 6.07) is 5.88. The molecule has 1 aromatic carbocycles. The van der Waals surface area contributed by atoms with E-state index in [0.29, 0.717) is 0 Å². The molecule has 2 rings (SSSR count). The van der Waals surface area contributed by atoms with E-state index in [1.54, 1.807) is 0 Å². The average Bonchev–Trinajstić information content (AvgIpc) is 2.32. The van der Waals surface area contributed by atoms with Crippen LogP contribution in [0.15, 0.2) is 22.7 Å². The minimum Gasteiger partial charge on any atom is -0.339 e. The molecule has 0 spiro atoms. The number of aryl methyl sites for hydroxylation is 1. The van der Waals surface area contributed by atoms with E-state index < -0.39 is 0 Å². The second-order valence-electron chi connectivity index (χ2n) is 4.31. The summed E-state index contributed by atoms with van der Waals surface area (Å²) in [5, 5.41) is 0. The Hall–Kier alpha value is -0.830. The molecule has 16 heavy (non-hydrogen) atoms. The summed E-state index contributed by atoms with van der Waals surface area (Å²) in [5.41, 5.74) is 1.88. The normalized spacial score (nSPS) is 16.2. The first kappa shape index (κ1) is 11.6. The molecule has 1 amide bonds. The molecule has 0 bridgehead atoms. The van der Waals surface area contributed by atoms with Gasteiger partial charge in [-0.15, -0.1) is 0 Å². The van der Waals surface area contributed by atoms with Crippen molar-refractivity contribution in [3.05, 3.63) is 33.8 Å². The van der Waals surface area contributed by atoms with Crippen molar-refractivity contribution >= 4 is 21.8 Å². The van der Waals surface area contributed by atoms with Crippen LogP contribution in [0.4, 0.5) is 0 Å². The number of benzene rings is 1. The Bertz CT molecular complexity index is 397. The lowest BCUT2D eigenvalue weighted by Crippen LogP contribution is -2.35. The molecule has 1 aliphatic rings. The summed E-state index contributed by atoms with van der Waals surface area (Å²) >= 11 is 3.42. The third-order valence-electron chi connectivity index (χ3n) is 3.07. The zero-order valence-corrected chi connectivity index (χ0v) is 11.1. The Morgan fingerprint density at radius 2 is 1.94 bits per heavy atom. The summed E-state index contributed by atoms with van der Waals surface area (Å²) < 4.78 is 0.971. The van der Waals surface area contributed by atoms with Crippen LogP contribution in [-0.4, -0.2) is 23.9 Å². The van der Waals surface area contributed by atoms with E-state index in [-0.39, 0.29) is 5.91 Å². The number of hydrogen-bond donors (Lipinski definition) is 0. The van der Waals surface area contributed by atoms with E-state index in [9.17, 15) is 4.79 Å². The van der Waals surface area contributed by atoms with Crippen LogP contribution in [0, 0.1) is 6.92 Å². The molecule has 0 aliphatic carbocycles. The number of hydrogen-bond acceptors (Lipinski definition) is 1. The quantitative estimate of drug-likeness (QED) is 0.773. The van der Waals surface area contributed by atoms with Gasteiger partial charge in [-0.2, -0.15) is 0 Å². The van der Waals surface area contributed by atoms with Crippen molar-refractivity contribution in [1.29, 1.82) is 0 Å². The number of likely N-dealkylation sites (tertiary alicyclic amines) is 1. The van der Waals surface area contributed by atoms with Crippen LogP contribution in [0.5, 0.6) is 0 Å². The first-order chi connectivity index (χ1) is 7.68. The zero-order valence-electron chi connectivity index (χ0n) is 9.50. The Labute approximate surface area is 105 Å². The Kier molecular flexibility index (Phi) is 3.64. The predicted octanol–water partition coefficient (Wildman–Crippen LogP) is 3.38. The summed E-state index contributed by atoms with van der Waals surface area (Å²) in [4.78, 5) is 14.2. The van der Waals surface area contributed by atoms with Gasteiger partial charge >= 0.3 is 0 Å². The summed E-state index contributed by atoms with van der Waals surface area (Å²) in [7, 11) is 0. The minimum atomic E-state index is 0.179. The molecule has 3 heteroatoms. The molecule has 1 aromatic rings. The molecule has 0 N–H and O–H groups in total. The highest BCUT2D eigenvalue weighted by atomic mass is 79.9. The van der Waals surface area contributed by atoms with Gasteiger partial charge in [-0.3, -0.25) is 4.79 Å². The number of piperidine rings is 1. The number of carbonyl (C=O) groups is 1. The topological polar surface area (TPSA) is 20.3 Å². The first-order valence-electron chi connectivity index (χ1n) is 5.74. The van der Waals surface area contributed by atoms with Gasteiger partial charge in [-0.05, 0) is 43.9 Å². The number of carbonyl (C=O) groups excluding carboxylic acids is 1. The second-order valence-corrected chi connectivity index (χ2v) is 5.23. The fourth-order valence-corrected chi connectivity index (χ4v) is 2.45. The summed E-state index contributed by atoms with van der Waals surface area (Å²) in [6.07, 6.45) is 3.53. The molecule has 0 unspecified atom stereocenters. The third-order valence-corrected chi connectivity index (χ3v) is 3.57. The van der Waals surface area contributed by atoms with Crippen LogP contribution in [0.3, 0.4) is 0 Å². The fraction of sp³-hybridized carbons (Fsp3) is 0.462. The number of halogens is 1. The van der Waals surface area contributed by atoms with Crippen LogP contribution < -0.4 is 0 Å². The summed E-state index contributed by atoms with van der Waals surface area (Å²) in [5.74, 6) is 0.179. The highest BCUT2D eigenvalue weighted by Gasteiger charge is 2.19. The van der Waals surface area contributed by atoms with Gasteiger partial charge < -0.3 is 4.90 Å². The number of nitrogens with zero attached hydrogens (tertiary/aromatic N) is 1. The van der Waals surface area contributed by atoms with Crippen molar-refractivity contribution in [2.24, 2.45) is 0 Å². The molecule has 0 saturated carbocycles. The van der Waals surface area contributed by atoms with Gasteiger partial charge in [0.1, 0.15) is 0 Å². The van der Waals surface area contributed by atoms with E-state index in [0.717, 1.165) is 41.5 Å². The number of amides is 1. The second kappa shape index (κ2) is 5.00. The highest BCUT2D eigenvalue weighted by molar-refractivity contribution is 9.10. The van der Waals surface area contributed by atoms with E-state index in [1.165, 1.54) is 6.42 Å². The van der Waals surface area contributed by atoms with Gasteiger partial charge in [0.2, 0.25) is 0 Å². The van der Waals surface area contributed by atoms with E-state index >= 15 is 0 Å². The standard InChI is InChI=1S/C13H16BrNO/c1-10-5-6-11(14)9-12(10)13(16)15-7-3-2-4-8-15/h5-6,9H,2-4,7-8H2,1H3. The largest absolute Gasteiger partial charge is 0.339 e. The van der Waals surface area contributed by atoms with E-state index in [1.807, 2.05) is 30.0 Å². The highest BCUT2D eigenvalue weighted by Crippen LogP contribution is 2.19. The maximum atomic E-state index is 12.3. The van der Waals surface area contributed by atoms with Crippen molar-refractivity contribution in [3.8, 4) is 0 Å². The maximum Gasteiger partial charge on any atom is 0.254 e. The zero-order chi connectivity index (χ0) is 11.5. The van der Waals surface area contributed by atoms with Crippen molar-refractivity contribution in [3.63, 3.8) is 0 Å². The lowest BCUT2D eigenvalue weighted by atomic mass is 10.1. The molecule has 86 valence electrons. The lowest BCUT2D eigenvalue weighted by molar-refractivity contribution is 0.0723. The maximum absolute atomic E-state index is 12.3. The molecule has 2 nitrogen and oxygen atoms in total. The van der Waals surface area contributed by atoms with Gasteiger partial charge in [-0.1, -0.05) is 22.0 Å². The molecule has 1 saturated heterocycles. The SMILES string of the molecule is Cc1ccc(Br)cc1C(=O)N1CCCCC1. The minimum absolute atomic E-state index is 0.179. The van der Waals surface area contributed by atoms with Gasteiger partial charge in [-0.25, -0.2) is 0 Å². The van der Waals surface area contributed by atoms with Gasteiger partial charge in [0.25, 0.3) is 5.91 Å². The smallest absolute Gasteiger partial charge is 0.254 e. The van der Waals surface area contributed by atoms with E-state index in [2.05, 4.69) is 15.9 Å². The predicted molar refractivity (Wildman–Crippen MR) is 68.6 cm³/mol. The van der Waals surface area contributed by atoms with E-state index in [4.69, 9.17) is 0 Å². The third kappa shape index (κ3) is 2.46. The van der Waals surface area contributed by atoms with Crippen LogP contribution in [0.1, 0.15) is 35.2 Å². The lowest BCUT2D eigenvalue weighted by Gasteiger charge is -2.27. The van der Waals surface area contributed by atoms with Crippen molar-refractivity contribution < 1.29 is 4.79 Å². The van der Waals surface area contributed by atoms with Crippen LogP contribution in [0.25, 0.3) is 0 Å². The van der Waals surface area contributed by atoms with Crippen LogP contribution in [0.2, 0.25) is 0 Å². The van der Waals surface area contributed by atoms with Gasteiger partial charge in [0.15, 0.2) is 0 Å². The number of rotatable bonds is 1. The summed E-state index contributed by atoms with van der Waals surface area (Å²) in [6.45, 7) is 3.80. The molecule has 0 atom stereocenters. The molecule has 0 aromatic heterocycles. The molecule has 1 aliphatic heterocycles. The molecule has 1 heterocycles. The van der Waals surface area contributed by atoms with Gasteiger partial charge in [0, 0.05) is 23.1 Å². The Balaban J connectivity index is 2.22. The molecule has 0 radical (unpaired) electrons. The monoisotopic (exact) mass is 281 g/mol. The van der Waals surface area contributed by atoms with Crippen LogP contribution >= 0.6 is 15.9 Å². The Morgan fingerprint density at radius 3 is 2.62 bits per heavy atom. The Morgan fingerprint density at radius 1 is 1.25 bits per heavy atom. The molecule has 1 fully saturated rings. The first-order valence-corrected chi connectivity index (χ1v) is 6.53. The fourth-order valence-electron chi connectivity index (χ4n) is 2.09.